The van der Waals surface area contributed by atoms with E-state index in [-0.39, 0.29) is 0 Å². The summed E-state index contributed by atoms with van der Waals surface area (Å²) < 4.78 is 15.7. The second kappa shape index (κ2) is 14.3. The summed E-state index contributed by atoms with van der Waals surface area (Å²) in [6.07, 6.45) is 0. The Morgan fingerprint density at radius 1 is 0.333 bits per heavy atom. The summed E-state index contributed by atoms with van der Waals surface area (Å²) in [4.78, 5) is 2.47. The van der Waals surface area contributed by atoms with Gasteiger partial charge in [0, 0.05) is 60.2 Å². The smallest absolute Gasteiger partial charge is 0.143 e. The maximum Gasteiger partial charge on any atom is 0.143 e. The number of benzene rings is 11. The molecule has 0 fully saturated rings. The molecule has 3 heterocycles. The number of aromatic nitrogens is 1. The standard InChI is InChI=1S/C62H38N2O2/c1-2-17-43-40(16-1)36-57(45-19-4-3-18-44(43)45)64(56-28-12-7-22-48(56)50-25-15-31-60-61(50)51-24-9-14-30-59(51)65-60)42-37-52(62-53(38-42)49-23-8-13-29-58(49)66-62)39-32-34-41(35-33-39)63-54-26-10-5-20-46(54)47-21-6-11-27-55(47)63/h1-38H. The van der Waals surface area contributed by atoms with Gasteiger partial charge in [-0.15, -0.1) is 0 Å². The van der Waals surface area contributed by atoms with Gasteiger partial charge in [0.25, 0.3) is 0 Å². The van der Waals surface area contributed by atoms with Crippen LogP contribution in [-0.4, -0.2) is 4.57 Å². The Labute approximate surface area is 379 Å². The van der Waals surface area contributed by atoms with Crippen molar-refractivity contribution in [1.82, 2.24) is 4.57 Å². The summed E-state index contributed by atoms with van der Waals surface area (Å²) >= 11 is 0. The zero-order valence-electron chi connectivity index (χ0n) is 35.7. The average Bonchev–Trinajstić information content (AvgIpc) is 4.06. The van der Waals surface area contributed by atoms with Crippen molar-refractivity contribution in [1.29, 1.82) is 0 Å². The summed E-state index contributed by atoms with van der Waals surface area (Å²) in [5, 5.41) is 11.6. The fourth-order valence-electron chi connectivity index (χ4n) is 10.7. The lowest BCUT2D eigenvalue weighted by atomic mass is 9.94. The van der Waals surface area contributed by atoms with Gasteiger partial charge in [-0.05, 0) is 94.0 Å². The number of rotatable bonds is 6. The second-order valence-electron chi connectivity index (χ2n) is 17.2. The first-order valence-corrected chi connectivity index (χ1v) is 22.5. The van der Waals surface area contributed by atoms with Crippen molar-refractivity contribution in [2.24, 2.45) is 0 Å². The van der Waals surface area contributed by atoms with E-state index in [1.165, 1.54) is 38.0 Å². The van der Waals surface area contributed by atoms with Gasteiger partial charge >= 0.3 is 0 Å². The summed E-state index contributed by atoms with van der Waals surface area (Å²) in [6, 6.07) is 82.9. The van der Waals surface area contributed by atoms with Gasteiger partial charge in [0.1, 0.15) is 22.3 Å². The van der Waals surface area contributed by atoms with Crippen LogP contribution in [-0.2, 0) is 0 Å². The van der Waals surface area contributed by atoms with Gasteiger partial charge in [-0.25, -0.2) is 0 Å². The number of hydrogen-bond acceptors (Lipinski definition) is 3. The zero-order valence-corrected chi connectivity index (χ0v) is 35.7. The summed E-state index contributed by atoms with van der Waals surface area (Å²) in [5.41, 5.74) is 14.4. The summed E-state index contributed by atoms with van der Waals surface area (Å²) in [6.45, 7) is 0. The molecule has 0 radical (unpaired) electrons. The molecule has 4 heteroatoms. The molecule has 0 spiro atoms. The lowest BCUT2D eigenvalue weighted by Gasteiger charge is -2.30. The second-order valence-corrected chi connectivity index (χ2v) is 17.2. The molecule has 14 rings (SSSR count). The van der Waals surface area contributed by atoms with Crippen molar-refractivity contribution >= 4 is 104 Å². The van der Waals surface area contributed by atoms with Crippen LogP contribution in [0.1, 0.15) is 0 Å². The molecule has 14 aromatic rings. The minimum Gasteiger partial charge on any atom is -0.456 e. The first kappa shape index (κ1) is 36.6. The molecule has 0 N–H and O–H groups in total. The molecule has 4 nitrogen and oxygen atoms in total. The molecule has 308 valence electrons. The number of hydrogen-bond donors (Lipinski definition) is 0. The molecular weight excluding hydrogens is 805 g/mol. The van der Waals surface area contributed by atoms with Crippen LogP contribution in [0.2, 0.25) is 0 Å². The van der Waals surface area contributed by atoms with Crippen LogP contribution in [0.25, 0.3) is 115 Å². The van der Waals surface area contributed by atoms with E-state index in [9.17, 15) is 0 Å². The van der Waals surface area contributed by atoms with Crippen LogP contribution in [0.5, 0.6) is 0 Å². The van der Waals surface area contributed by atoms with Crippen molar-refractivity contribution in [3.63, 3.8) is 0 Å². The van der Waals surface area contributed by atoms with Gasteiger partial charge < -0.3 is 18.3 Å². The molecule has 3 aromatic heterocycles. The van der Waals surface area contributed by atoms with E-state index in [1.54, 1.807) is 0 Å². The molecule has 66 heavy (non-hydrogen) atoms. The minimum atomic E-state index is 0.856. The molecule has 0 aliphatic rings. The Balaban J connectivity index is 1.05. The quantitative estimate of drug-likeness (QED) is 0.156. The van der Waals surface area contributed by atoms with Gasteiger partial charge in [-0.1, -0.05) is 164 Å². The van der Waals surface area contributed by atoms with E-state index in [1.807, 2.05) is 6.07 Å². The first-order chi connectivity index (χ1) is 32.7. The molecule has 0 aliphatic carbocycles. The fourth-order valence-corrected chi connectivity index (χ4v) is 10.7. The lowest BCUT2D eigenvalue weighted by Crippen LogP contribution is -2.12. The summed E-state index contributed by atoms with van der Waals surface area (Å²) in [7, 11) is 0. The van der Waals surface area contributed by atoms with E-state index < -0.39 is 0 Å². The van der Waals surface area contributed by atoms with Gasteiger partial charge in [-0.2, -0.15) is 0 Å². The molecule has 11 aromatic carbocycles. The molecule has 0 bridgehead atoms. The van der Waals surface area contributed by atoms with E-state index >= 15 is 0 Å². The highest BCUT2D eigenvalue weighted by molar-refractivity contribution is 6.18. The van der Waals surface area contributed by atoms with Crippen LogP contribution in [0, 0.1) is 0 Å². The first-order valence-electron chi connectivity index (χ1n) is 22.5. The SMILES string of the molecule is c1ccc(N(c2cc(-c3ccc(-n4c5ccccc5c5ccccc54)cc3)c3oc4ccccc4c3c2)c2cc3ccccc3c3ccccc23)c(-c2cccc3oc4ccccc4c23)c1. The normalized spacial score (nSPS) is 11.9. The van der Waals surface area contributed by atoms with Crippen LogP contribution in [0.3, 0.4) is 0 Å². The van der Waals surface area contributed by atoms with Gasteiger partial charge in [0.05, 0.1) is 22.4 Å². The number of para-hydroxylation sites is 5. The van der Waals surface area contributed by atoms with Crippen molar-refractivity contribution in [3.05, 3.63) is 231 Å². The third-order valence-electron chi connectivity index (χ3n) is 13.6. The third-order valence-corrected chi connectivity index (χ3v) is 13.6. The van der Waals surface area contributed by atoms with E-state index in [0.29, 0.717) is 0 Å². The largest absolute Gasteiger partial charge is 0.456 e. The minimum absolute atomic E-state index is 0.856. The third kappa shape index (κ3) is 5.45. The molecule has 0 aliphatic heterocycles. The molecule has 0 unspecified atom stereocenters. The van der Waals surface area contributed by atoms with Crippen LogP contribution < -0.4 is 4.90 Å². The zero-order chi connectivity index (χ0) is 43.3. The van der Waals surface area contributed by atoms with Crippen molar-refractivity contribution < 1.29 is 8.83 Å². The van der Waals surface area contributed by atoms with Gasteiger partial charge in [-0.3, -0.25) is 0 Å². The van der Waals surface area contributed by atoms with Gasteiger partial charge in [0.15, 0.2) is 0 Å². The fraction of sp³-hybridized carbons (Fsp3) is 0. The van der Waals surface area contributed by atoms with E-state index in [4.69, 9.17) is 8.83 Å². The Morgan fingerprint density at radius 3 is 1.68 bits per heavy atom. The lowest BCUT2D eigenvalue weighted by molar-refractivity contribution is 0.669. The van der Waals surface area contributed by atoms with Crippen LogP contribution in [0.4, 0.5) is 17.1 Å². The average molecular weight is 843 g/mol. The highest BCUT2D eigenvalue weighted by Crippen LogP contribution is 2.50. The highest BCUT2D eigenvalue weighted by atomic mass is 16.3. The maximum absolute atomic E-state index is 6.87. The molecule has 0 saturated heterocycles. The van der Waals surface area contributed by atoms with Crippen LogP contribution >= 0.6 is 0 Å². The monoisotopic (exact) mass is 842 g/mol. The molecule has 0 atom stereocenters. The van der Waals surface area contributed by atoms with Crippen molar-refractivity contribution in [2.75, 3.05) is 4.90 Å². The number of furan rings is 2. The highest BCUT2D eigenvalue weighted by Gasteiger charge is 2.25. The Bertz CT molecular complexity index is 4190. The summed E-state index contributed by atoms with van der Waals surface area (Å²) in [5.74, 6) is 0. The van der Waals surface area contributed by atoms with Crippen molar-refractivity contribution in [3.8, 4) is 27.9 Å². The molecule has 0 saturated carbocycles. The predicted molar refractivity (Wildman–Crippen MR) is 276 cm³/mol. The topological polar surface area (TPSA) is 34.5 Å². The predicted octanol–water partition coefficient (Wildman–Crippen LogP) is 17.7. The van der Waals surface area contributed by atoms with E-state index in [0.717, 1.165) is 94.3 Å². The van der Waals surface area contributed by atoms with Crippen molar-refractivity contribution in [2.45, 2.75) is 0 Å². The molecule has 0 amide bonds. The van der Waals surface area contributed by atoms with Gasteiger partial charge in [0.2, 0.25) is 0 Å². The van der Waals surface area contributed by atoms with Crippen LogP contribution in [0.15, 0.2) is 239 Å². The maximum atomic E-state index is 6.87. The Hall–Kier alpha value is -8.86. The Morgan fingerprint density at radius 2 is 0.909 bits per heavy atom. The Kier molecular flexibility index (Phi) is 7.95. The number of fused-ring (bicyclic) bond motifs is 12. The van der Waals surface area contributed by atoms with E-state index in [2.05, 4.69) is 234 Å². The number of anilines is 3. The number of nitrogens with zero attached hydrogens (tertiary/aromatic N) is 2. The molecular formula is C62H38N2O2.